The SMILES string of the molecule is COCCOc1ccc(C(=O)NCC(CC(C)C)C(=O)O)cc1. The molecule has 1 aromatic carbocycles. The Kier molecular flexibility index (Phi) is 8.11. The maximum Gasteiger partial charge on any atom is 0.308 e. The lowest BCUT2D eigenvalue weighted by molar-refractivity contribution is -0.142. The van der Waals surface area contributed by atoms with Crippen molar-refractivity contribution in [3.05, 3.63) is 29.8 Å². The number of hydrogen-bond donors (Lipinski definition) is 2. The number of ether oxygens (including phenoxy) is 2. The Balaban J connectivity index is 2.52. The Labute approximate surface area is 136 Å². The number of nitrogens with one attached hydrogen (secondary N) is 1. The highest BCUT2D eigenvalue weighted by molar-refractivity contribution is 5.94. The average Bonchev–Trinajstić information content (AvgIpc) is 2.51. The molecule has 0 spiro atoms. The molecule has 0 aliphatic heterocycles. The topological polar surface area (TPSA) is 84.9 Å². The van der Waals surface area contributed by atoms with Crippen LogP contribution in [0.15, 0.2) is 24.3 Å². The van der Waals surface area contributed by atoms with Crippen molar-refractivity contribution >= 4 is 11.9 Å². The number of carbonyl (C=O) groups excluding carboxylic acids is 1. The molecule has 1 atom stereocenters. The van der Waals surface area contributed by atoms with Crippen LogP contribution in [0.5, 0.6) is 5.75 Å². The normalized spacial score (nSPS) is 12.0. The number of aliphatic carboxylic acids is 1. The highest BCUT2D eigenvalue weighted by Crippen LogP contribution is 2.13. The number of benzene rings is 1. The summed E-state index contributed by atoms with van der Waals surface area (Å²) in [7, 11) is 1.60. The van der Waals surface area contributed by atoms with E-state index in [1.165, 1.54) is 0 Å². The highest BCUT2D eigenvalue weighted by atomic mass is 16.5. The minimum atomic E-state index is -0.888. The molecule has 0 saturated heterocycles. The number of carbonyl (C=O) groups is 2. The lowest BCUT2D eigenvalue weighted by Crippen LogP contribution is -2.33. The van der Waals surface area contributed by atoms with Crippen LogP contribution < -0.4 is 10.1 Å². The zero-order valence-electron chi connectivity index (χ0n) is 13.9. The fourth-order valence-electron chi connectivity index (χ4n) is 2.10. The first kappa shape index (κ1) is 19.0. The standard InChI is InChI=1S/C17H25NO5/c1-12(2)10-14(17(20)21)11-18-16(19)13-4-6-15(7-5-13)23-9-8-22-3/h4-7,12,14H,8-11H2,1-3H3,(H,18,19)(H,20,21). The first-order valence-electron chi connectivity index (χ1n) is 7.66. The van der Waals surface area contributed by atoms with E-state index >= 15 is 0 Å². The number of carboxylic acids is 1. The summed E-state index contributed by atoms with van der Waals surface area (Å²) in [4.78, 5) is 23.2. The maximum absolute atomic E-state index is 12.1. The Morgan fingerprint density at radius 1 is 1.17 bits per heavy atom. The molecule has 128 valence electrons. The van der Waals surface area contributed by atoms with Crippen LogP contribution in [-0.4, -0.2) is 43.9 Å². The van der Waals surface area contributed by atoms with Crippen LogP contribution in [0.1, 0.15) is 30.6 Å². The van der Waals surface area contributed by atoms with Crippen molar-refractivity contribution in [2.45, 2.75) is 20.3 Å². The first-order chi connectivity index (χ1) is 10.9. The van der Waals surface area contributed by atoms with Gasteiger partial charge >= 0.3 is 5.97 Å². The van der Waals surface area contributed by atoms with Crippen molar-refractivity contribution in [3.8, 4) is 5.75 Å². The molecular weight excluding hydrogens is 298 g/mol. The molecule has 0 saturated carbocycles. The van der Waals surface area contributed by atoms with Crippen molar-refractivity contribution in [1.82, 2.24) is 5.32 Å². The molecule has 0 heterocycles. The van der Waals surface area contributed by atoms with Crippen LogP contribution in [0, 0.1) is 11.8 Å². The lowest BCUT2D eigenvalue weighted by atomic mass is 9.97. The molecule has 6 nitrogen and oxygen atoms in total. The van der Waals surface area contributed by atoms with Gasteiger partial charge in [-0.3, -0.25) is 9.59 Å². The van der Waals surface area contributed by atoms with Gasteiger partial charge in [-0.1, -0.05) is 13.8 Å². The fourth-order valence-corrected chi connectivity index (χ4v) is 2.10. The van der Waals surface area contributed by atoms with E-state index in [0.717, 1.165) is 0 Å². The summed E-state index contributed by atoms with van der Waals surface area (Å²) in [5.41, 5.74) is 0.470. The third-order valence-corrected chi connectivity index (χ3v) is 3.29. The summed E-state index contributed by atoms with van der Waals surface area (Å²) in [6.45, 7) is 4.98. The van der Waals surface area contributed by atoms with Crippen molar-refractivity contribution in [2.24, 2.45) is 11.8 Å². The van der Waals surface area contributed by atoms with Crippen LogP contribution in [0.25, 0.3) is 0 Å². The zero-order valence-corrected chi connectivity index (χ0v) is 13.9. The van der Waals surface area contributed by atoms with Crippen LogP contribution in [0.2, 0.25) is 0 Å². The van der Waals surface area contributed by atoms with Gasteiger partial charge in [0.2, 0.25) is 0 Å². The monoisotopic (exact) mass is 323 g/mol. The molecule has 1 rings (SSSR count). The molecule has 1 amide bonds. The molecule has 23 heavy (non-hydrogen) atoms. The van der Waals surface area contributed by atoms with Gasteiger partial charge in [0.1, 0.15) is 12.4 Å². The molecule has 0 fully saturated rings. The number of rotatable bonds is 10. The number of methoxy groups -OCH3 is 1. The van der Waals surface area contributed by atoms with Crippen LogP contribution in [0.3, 0.4) is 0 Å². The molecule has 0 bridgehead atoms. The van der Waals surface area contributed by atoms with Gasteiger partial charge in [-0.05, 0) is 36.6 Å². The second-order valence-corrected chi connectivity index (χ2v) is 5.74. The van der Waals surface area contributed by atoms with Gasteiger partial charge in [0.25, 0.3) is 5.91 Å². The Morgan fingerprint density at radius 3 is 2.35 bits per heavy atom. The first-order valence-corrected chi connectivity index (χ1v) is 7.66. The number of carboxylic acid groups (broad SMARTS) is 1. The fraction of sp³-hybridized carbons (Fsp3) is 0.529. The van der Waals surface area contributed by atoms with E-state index in [1.807, 2.05) is 13.8 Å². The van der Waals surface area contributed by atoms with Gasteiger partial charge in [0, 0.05) is 19.2 Å². The van der Waals surface area contributed by atoms with Crippen molar-refractivity contribution in [2.75, 3.05) is 26.9 Å². The van der Waals surface area contributed by atoms with Gasteiger partial charge < -0.3 is 19.9 Å². The summed E-state index contributed by atoms with van der Waals surface area (Å²) < 4.78 is 10.3. The van der Waals surface area contributed by atoms with Gasteiger partial charge in [0.05, 0.1) is 12.5 Å². The summed E-state index contributed by atoms with van der Waals surface area (Å²) in [6, 6.07) is 6.70. The zero-order chi connectivity index (χ0) is 17.2. The minimum absolute atomic E-state index is 0.123. The molecule has 2 N–H and O–H groups in total. The molecule has 0 aliphatic carbocycles. The smallest absolute Gasteiger partial charge is 0.308 e. The van der Waals surface area contributed by atoms with E-state index in [1.54, 1.807) is 31.4 Å². The number of amides is 1. The molecule has 0 aliphatic rings. The second-order valence-electron chi connectivity index (χ2n) is 5.74. The van der Waals surface area contributed by atoms with Gasteiger partial charge in [0.15, 0.2) is 0 Å². The van der Waals surface area contributed by atoms with Crippen LogP contribution in [-0.2, 0) is 9.53 Å². The minimum Gasteiger partial charge on any atom is -0.491 e. The van der Waals surface area contributed by atoms with E-state index < -0.39 is 11.9 Å². The van der Waals surface area contributed by atoms with E-state index in [-0.39, 0.29) is 18.4 Å². The van der Waals surface area contributed by atoms with Crippen LogP contribution >= 0.6 is 0 Å². The van der Waals surface area contributed by atoms with Crippen molar-refractivity contribution in [3.63, 3.8) is 0 Å². The molecular formula is C17H25NO5. The summed E-state index contributed by atoms with van der Waals surface area (Å²) in [5, 5.41) is 11.8. The summed E-state index contributed by atoms with van der Waals surface area (Å²) >= 11 is 0. The van der Waals surface area contributed by atoms with Gasteiger partial charge in [-0.25, -0.2) is 0 Å². The average molecular weight is 323 g/mol. The Morgan fingerprint density at radius 2 is 1.83 bits per heavy atom. The number of hydrogen-bond acceptors (Lipinski definition) is 4. The largest absolute Gasteiger partial charge is 0.491 e. The third-order valence-electron chi connectivity index (χ3n) is 3.29. The van der Waals surface area contributed by atoms with Crippen molar-refractivity contribution in [1.29, 1.82) is 0 Å². The van der Waals surface area contributed by atoms with E-state index in [0.29, 0.717) is 30.9 Å². The summed E-state index contributed by atoms with van der Waals surface area (Å²) in [5.74, 6) is -0.835. The maximum atomic E-state index is 12.1. The van der Waals surface area contributed by atoms with Crippen molar-refractivity contribution < 1.29 is 24.2 Å². The molecule has 0 aromatic heterocycles. The Bertz CT molecular complexity index is 498. The van der Waals surface area contributed by atoms with E-state index in [9.17, 15) is 9.59 Å². The van der Waals surface area contributed by atoms with E-state index in [4.69, 9.17) is 14.6 Å². The van der Waals surface area contributed by atoms with Gasteiger partial charge in [-0.15, -0.1) is 0 Å². The lowest BCUT2D eigenvalue weighted by Gasteiger charge is -2.15. The Hall–Kier alpha value is -2.08. The predicted molar refractivity (Wildman–Crippen MR) is 86.7 cm³/mol. The third kappa shape index (κ3) is 7.15. The van der Waals surface area contributed by atoms with Crippen LogP contribution in [0.4, 0.5) is 0 Å². The predicted octanol–water partition coefficient (Wildman–Crippen LogP) is 2.19. The highest BCUT2D eigenvalue weighted by Gasteiger charge is 2.20. The quantitative estimate of drug-likeness (QED) is 0.645. The molecule has 6 heteroatoms. The molecule has 0 radical (unpaired) electrons. The second kappa shape index (κ2) is 9.84. The van der Waals surface area contributed by atoms with Gasteiger partial charge in [-0.2, -0.15) is 0 Å². The summed E-state index contributed by atoms with van der Waals surface area (Å²) in [6.07, 6.45) is 0.530. The molecule has 1 aromatic rings. The van der Waals surface area contributed by atoms with E-state index in [2.05, 4.69) is 5.32 Å². The molecule has 1 unspecified atom stereocenters.